The molecule has 1 aromatic carbocycles. The van der Waals surface area contributed by atoms with Crippen LogP contribution in [0.5, 0.6) is 0 Å². The van der Waals surface area contributed by atoms with E-state index in [2.05, 4.69) is 5.92 Å². The number of terminal acetylenes is 1. The molecule has 0 fully saturated rings. The van der Waals surface area contributed by atoms with Gasteiger partial charge in [-0.1, -0.05) is 37.3 Å². The normalized spacial score (nSPS) is 11.5. The van der Waals surface area contributed by atoms with Crippen LogP contribution in [-0.4, -0.2) is 5.97 Å². The molecule has 0 bridgehead atoms. The minimum absolute atomic E-state index is 0.223. The van der Waals surface area contributed by atoms with Crippen LogP contribution in [0.2, 0.25) is 0 Å². The van der Waals surface area contributed by atoms with Gasteiger partial charge < -0.3 is 4.74 Å². The molecule has 2 heteroatoms. The highest BCUT2D eigenvalue weighted by Gasteiger charge is 2.12. The van der Waals surface area contributed by atoms with Crippen LogP contribution in [0.1, 0.15) is 18.9 Å². The quantitative estimate of drug-likeness (QED) is 0.553. The highest BCUT2D eigenvalue weighted by Crippen LogP contribution is 2.06. The minimum Gasteiger partial charge on any atom is -0.461 e. The first-order valence-corrected chi connectivity index (χ1v) is 4.88. The summed E-state index contributed by atoms with van der Waals surface area (Å²) in [5, 5.41) is 0. The molecule has 0 saturated heterocycles. The first-order valence-electron chi connectivity index (χ1n) is 4.88. The molecule has 0 N–H and O–H groups in total. The van der Waals surface area contributed by atoms with E-state index in [1.165, 1.54) is 0 Å². The number of ether oxygens (including phenoxy) is 1. The van der Waals surface area contributed by atoms with Gasteiger partial charge in [0.1, 0.15) is 6.61 Å². The summed E-state index contributed by atoms with van der Waals surface area (Å²) in [7, 11) is 0. The molecule has 0 aliphatic heterocycles. The highest BCUT2D eigenvalue weighted by atomic mass is 16.5. The van der Waals surface area contributed by atoms with Gasteiger partial charge >= 0.3 is 5.97 Å². The fourth-order valence-corrected chi connectivity index (χ4v) is 1.13. The number of hydrogen-bond acceptors (Lipinski definition) is 2. The van der Waals surface area contributed by atoms with Crippen molar-refractivity contribution >= 4 is 5.97 Å². The molecule has 0 heterocycles. The lowest BCUT2D eigenvalue weighted by molar-refractivity contribution is -0.149. The second-order valence-corrected chi connectivity index (χ2v) is 3.40. The number of rotatable bonds is 4. The molecule has 0 aliphatic rings. The summed E-state index contributed by atoms with van der Waals surface area (Å²) in [6.45, 7) is 2.09. The fraction of sp³-hybridized carbons (Fsp3) is 0.308. The van der Waals surface area contributed by atoms with Gasteiger partial charge in [0.15, 0.2) is 0 Å². The van der Waals surface area contributed by atoms with Crippen LogP contribution in [0.15, 0.2) is 30.3 Å². The molecule has 78 valence electrons. The van der Waals surface area contributed by atoms with Crippen molar-refractivity contribution in [3.63, 3.8) is 0 Å². The van der Waals surface area contributed by atoms with Crippen LogP contribution < -0.4 is 0 Å². The minimum atomic E-state index is -0.239. The topological polar surface area (TPSA) is 26.3 Å². The zero-order chi connectivity index (χ0) is 11.1. The molecule has 15 heavy (non-hydrogen) atoms. The largest absolute Gasteiger partial charge is 0.461 e. The number of esters is 1. The van der Waals surface area contributed by atoms with Crippen molar-refractivity contribution in [3.8, 4) is 12.3 Å². The maximum absolute atomic E-state index is 11.4. The fourth-order valence-electron chi connectivity index (χ4n) is 1.13. The lowest BCUT2D eigenvalue weighted by Gasteiger charge is -2.08. The highest BCUT2D eigenvalue weighted by molar-refractivity contribution is 5.72. The third kappa shape index (κ3) is 3.86. The number of carbonyl (C=O) groups excluding carboxylic acids is 1. The number of hydrogen-bond donors (Lipinski definition) is 0. The third-order valence-electron chi connectivity index (χ3n) is 2.05. The van der Waals surface area contributed by atoms with Crippen molar-refractivity contribution in [1.29, 1.82) is 0 Å². The molecular weight excluding hydrogens is 188 g/mol. The number of carbonyl (C=O) groups is 1. The van der Waals surface area contributed by atoms with Gasteiger partial charge in [0.25, 0.3) is 0 Å². The zero-order valence-electron chi connectivity index (χ0n) is 8.77. The van der Waals surface area contributed by atoms with Crippen molar-refractivity contribution in [3.05, 3.63) is 35.9 Å². The summed E-state index contributed by atoms with van der Waals surface area (Å²) >= 11 is 0. The molecule has 0 aliphatic carbocycles. The monoisotopic (exact) mass is 202 g/mol. The van der Waals surface area contributed by atoms with Crippen molar-refractivity contribution in [1.82, 2.24) is 0 Å². The Morgan fingerprint density at radius 3 is 2.73 bits per heavy atom. The maximum Gasteiger partial charge on any atom is 0.309 e. The molecule has 2 nitrogen and oxygen atoms in total. The molecule has 0 spiro atoms. The Bertz CT molecular complexity index is 349. The predicted octanol–water partition coefficient (Wildman–Crippen LogP) is 2.39. The summed E-state index contributed by atoms with van der Waals surface area (Å²) in [6.07, 6.45) is 5.54. The van der Waals surface area contributed by atoms with Gasteiger partial charge in [-0.3, -0.25) is 4.79 Å². The lowest BCUT2D eigenvalue weighted by Crippen LogP contribution is -2.14. The van der Waals surface area contributed by atoms with Gasteiger partial charge in [0.05, 0.1) is 5.92 Å². The lowest BCUT2D eigenvalue weighted by atomic mass is 10.1. The first-order chi connectivity index (χ1) is 7.24. The Balaban J connectivity index is 2.38. The Kier molecular flexibility index (Phi) is 4.43. The molecule has 1 atom stereocenters. The molecule has 0 aromatic heterocycles. The summed E-state index contributed by atoms with van der Waals surface area (Å²) in [5.74, 6) is 1.98. The van der Waals surface area contributed by atoms with Crippen molar-refractivity contribution in [2.24, 2.45) is 5.92 Å². The Morgan fingerprint density at radius 2 is 2.13 bits per heavy atom. The van der Waals surface area contributed by atoms with Crippen LogP contribution >= 0.6 is 0 Å². The van der Waals surface area contributed by atoms with Crippen LogP contribution in [-0.2, 0) is 16.1 Å². The summed E-state index contributed by atoms with van der Waals surface area (Å²) < 4.78 is 5.11. The Hall–Kier alpha value is -1.75. The van der Waals surface area contributed by atoms with E-state index in [1.54, 1.807) is 6.92 Å². The first kappa shape index (κ1) is 11.3. The molecule has 1 rings (SSSR count). The van der Waals surface area contributed by atoms with Gasteiger partial charge in [0.2, 0.25) is 0 Å². The van der Waals surface area contributed by atoms with E-state index < -0.39 is 0 Å². The van der Waals surface area contributed by atoms with Gasteiger partial charge in [0, 0.05) is 6.42 Å². The maximum atomic E-state index is 11.4. The van der Waals surface area contributed by atoms with Gasteiger partial charge in [-0.05, 0) is 5.56 Å². The smallest absolute Gasteiger partial charge is 0.309 e. The molecule has 0 amide bonds. The van der Waals surface area contributed by atoms with Crippen molar-refractivity contribution in [2.75, 3.05) is 0 Å². The van der Waals surface area contributed by atoms with E-state index in [9.17, 15) is 4.79 Å². The second kappa shape index (κ2) is 5.87. The second-order valence-electron chi connectivity index (χ2n) is 3.40. The van der Waals surface area contributed by atoms with Gasteiger partial charge in [-0.2, -0.15) is 0 Å². The van der Waals surface area contributed by atoms with Crippen LogP contribution in [0, 0.1) is 18.3 Å². The molecule has 1 aromatic rings. The Labute approximate surface area is 90.3 Å². The average molecular weight is 202 g/mol. The van der Waals surface area contributed by atoms with Crippen molar-refractivity contribution < 1.29 is 9.53 Å². The van der Waals surface area contributed by atoms with Crippen molar-refractivity contribution in [2.45, 2.75) is 20.0 Å². The van der Waals surface area contributed by atoms with Crippen LogP contribution in [0.4, 0.5) is 0 Å². The molecule has 0 saturated carbocycles. The van der Waals surface area contributed by atoms with Crippen LogP contribution in [0.3, 0.4) is 0 Å². The molecule has 1 unspecified atom stereocenters. The van der Waals surface area contributed by atoms with E-state index in [4.69, 9.17) is 11.2 Å². The average Bonchev–Trinajstić information content (AvgIpc) is 2.27. The van der Waals surface area contributed by atoms with E-state index in [0.29, 0.717) is 13.0 Å². The standard InChI is InChI=1S/C13H14O2/c1-3-7-11(2)13(14)15-10-12-8-5-4-6-9-12/h1,4-6,8-9,11H,7,10H2,2H3. The summed E-state index contributed by atoms with van der Waals surface area (Å²) in [6, 6.07) is 9.58. The molecular formula is C13H14O2. The summed E-state index contributed by atoms with van der Waals surface area (Å²) in [5.41, 5.74) is 0.985. The van der Waals surface area contributed by atoms with Gasteiger partial charge in [-0.15, -0.1) is 12.3 Å². The molecule has 0 radical (unpaired) electrons. The van der Waals surface area contributed by atoms with E-state index >= 15 is 0 Å². The number of benzene rings is 1. The van der Waals surface area contributed by atoms with E-state index in [-0.39, 0.29) is 11.9 Å². The Morgan fingerprint density at radius 1 is 1.47 bits per heavy atom. The van der Waals surface area contributed by atoms with Gasteiger partial charge in [-0.25, -0.2) is 0 Å². The predicted molar refractivity (Wildman–Crippen MR) is 58.9 cm³/mol. The van der Waals surface area contributed by atoms with E-state index in [0.717, 1.165) is 5.56 Å². The van der Waals surface area contributed by atoms with Crippen LogP contribution in [0.25, 0.3) is 0 Å². The third-order valence-corrected chi connectivity index (χ3v) is 2.05. The van der Waals surface area contributed by atoms with E-state index in [1.807, 2.05) is 30.3 Å². The zero-order valence-corrected chi connectivity index (χ0v) is 8.77. The SMILES string of the molecule is C#CCC(C)C(=O)OCc1ccccc1. The summed E-state index contributed by atoms with van der Waals surface area (Å²) in [4.78, 5) is 11.4.